The standard InChI is InChI=1S/C6H13NO5/c8-1-2-3(9)4(10)5(11)6(12)7-2/h2-12H,1H2/t2-,3-,4+,5-,6-/m0/s1. The Morgan fingerprint density at radius 1 is 0.917 bits per heavy atom. The molecule has 0 saturated carbocycles. The number of nitrogens with one attached hydrogen (secondary N) is 1. The van der Waals surface area contributed by atoms with E-state index in [0.717, 1.165) is 0 Å². The van der Waals surface area contributed by atoms with Crippen molar-refractivity contribution in [2.45, 2.75) is 30.6 Å². The normalized spacial score (nSPS) is 49.2. The van der Waals surface area contributed by atoms with Gasteiger partial charge in [0, 0.05) is 0 Å². The summed E-state index contributed by atoms with van der Waals surface area (Å²) in [7, 11) is 0. The molecule has 1 aliphatic heterocycles. The van der Waals surface area contributed by atoms with Crippen molar-refractivity contribution < 1.29 is 25.5 Å². The Labute approximate surface area is 69.1 Å². The van der Waals surface area contributed by atoms with Gasteiger partial charge in [-0.15, -0.1) is 0 Å². The van der Waals surface area contributed by atoms with Crippen LogP contribution in [0.1, 0.15) is 0 Å². The van der Waals surface area contributed by atoms with Gasteiger partial charge in [0.05, 0.1) is 12.6 Å². The summed E-state index contributed by atoms with van der Waals surface area (Å²) in [6.07, 6.45) is -5.45. The lowest BCUT2D eigenvalue weighted by Crippen LogP contribution is -2.65. The number of hydrogen-bond donors (Lipinski definition) is 6. The summed E-state index contributed by atoms with van der Waals surface area (Å²) in [6.45, 7) is -0.415. The molecular weight excluding hydrogens is 166 g/mol. The van der Waals surface area contributed by atoms with Gasteiger partial charge >= 0.3 is 0 Å². The third-order valence-electron chi connectivity index (χ3n) is 2.02. The van der Waals surface area contributed by atoms with Crippen molar-refractivity contribution in [2.24, 2.45) is 0 Å². The van der Waals surface area contributed by atoms with E-state index in [0.29, 0.717) is 0 Å². The van der Waals surface area contributed by atoms with Gasteiger partial charge in [-0.25, -0.2) is 0 Å². The minimum atomic E-state index is -1.43. The molecule has 0 aromatic rings. The first kappa shape index (κ1) is 9.85. The molecule has 0 radical (unpaired) electrons. The van der Waals surface area contributed by atoms with E-state index in [2.05, 4.69) is 5.32 Å². The van der Waals surface area contributed by atoms with Crippen LogP contribution < -0.4 is 5.32 Å². The second kappa shape index (κ2) is 3.65. The van der Waals surface area contributed by atoms with Crippen LogP contribution in [-0.4, -0.2) is 62.7 Å². The highest BCUT2D eigenvalue weighted by atomic mass is 16.4. The summed E-state index contributed by atoms with van der Waals surface area (Å²) in [5, 5.41) is 47.3. The second-order valence-corrected chi connectivity index (χ2v) is 2.87. The Balaban J connectivity index is 2.63. The van der Waals surface area contributed by atoms with Gasteiger partial charge in [-0.1, -0.05) is 0 Å². The van der Waals surface area contributed by atoms with E-state index in [1.807, 2.05) is 0 Å². The van der Waals surface area contributed by atoms with Crippen LogP contribution in [0.4, 0.5) is 0 Å². The Bertz CT molecular complexity index is 150. The Hall–Kier alpha value is -0.240. The summed E-state index contributed by atoms with van der Waals surface area (Å²) >= 11 is 0. The molecule has 1 aliphatic rings. The van der Waals surface area contributed by atoms with E-state index < -0.39 is 37.2 Å². The lowest BCUT2D eigenvalue weighted by Gasteiger charge is -2.38. The second-order valence-electron chi connectivity index (χ2n) is 2.87. The predicted octanol–water partition coefficient (Wildman–Crippen LogP) is -3.65. The SMILES string of the molecule is OC[C@@H]1N[C@@H](O)[C@@H](O)[C@H](O)[C@H]1O. The fourth-order valence-electron chi connectivity index (χ4n) is 1.20. The molecule has 0 aromatic heterocycles. The summed E-state index contributed by atoms with van der Waals surface area (Å²) in [5.41, 5.74) is 0. The first-order valence-corrected chi connectivity index (χ1v) is 3.67. The Morgan fingerprint density at radius 2 is 1.50 bits per heavy atom. The highest BCUT2D eigenvalue weighted by Gasteiger charge is 2.40. The van der Waals surface area contributed by atoms with Crippen LogP contribution >= 0.6 is 0 Å². The summed E-state index contributed by atoms with van der Waals surface area (Å²) in [4.78, 5) is 0. The van der Waals surface area contributed by atoms with E-state index in [-0.39, 0.29) is 0 Å². The number of aliphatic hydroxyl groups is 5. The van der Waals surface area contributed by atoms with Gasteiger partial charge in [0.1, 0.15) is 24.5 Å². The van der Waals surface area contributed by atoms with Crippen molar-refractivity contribution >= 4 is 0 Å². The van der Waals surface area contributed by atoms with Crippen LogP contribution in [0.2, 0.25) is 0 Å². The van der Waals surface area contributed by atoms with Crippen molar-refractivity contribution in [3.63, 3.8) is 0 Å². The number of rotatable bonds is 1. The molecule has 0 amide bonds. The molecule has 1 saturated heterocycles. The summed E-state index contributed by atoms with van der Waals surface area (Å²) in [5.74, 6) is 0. The molecule has 1 fully saturated rings. The van der Waals surface area contributed by atoms with Crippen molar-refractivity contribution in [3.8, 4) is 0 Å². The summed E-state index contributed by atoms with van der Waals surface area (Å²) < 4.78 is 0. The molecule has 6 N–H and O–H groups in total. The van der Waals surface area contributed by atoms with Crippen molar-refractivity contribution in [1.82, 2.24) is 5.32 Å². The number of aliphatic hydroxyl groups excluding tert-OH is 5. The molecule has 6 nitrogen and oxygen atoms in total. The van der Waals surface area contributed by atoms with Gasteiger partial charge in [-0.3, -0.25) is 5.32 Å². The van der Waals surface area contributed by atoms with Crippen LogP contribution in [-0.2, 0) is 0 Å². The maximum absolute atomic E-state index is 9.18. The molecule has 12 heavy (non-hydrogen) atoms. The average Bonchev–Trinajstić information content (AvgIpc) is 2.08. The van der Waals surface area contributed by atoms with Gasteiger partial charge in [0.2, 0.25) is 0 Å². The minimum absolute atomic E-state index is 0.415. The third kappa shape index (κ3) is 1.58. The highest BCUT2D eigenvalue weighted by Crippen LogP contribution is 2.13. The van der Waals surface area contributed by atoms with Crippen LogP contribution in [0, 0.1) is 0 Å². The van der Waals surface area contributed by atoms with E-state index in [4.69, 9.17) is 20.4 Å². The third-order valence-corrected chi connectivity index (χ3v) is 2.02. The molecule has 0 aliphatic carbocycles. The van der Waals surface area contributed by atoms with E-state index >= 15 is 0 Å². The predicted molar refractivity (Wildman–Crippen MR) is 38.0 cm³/mol. The zero-order valence-electron chi connectivity index (χ0n) is 6.33. The Kier molecular flexibility index (Phi) is 2.99. The molecule has 5 atom stereocenters. The molecule has 6 heteroatoms. The van der Waals surface area contributed by atoms with Crippen molar-refractivity contribution in [2.75, 3.05) is 6.61 Å². The van der Waals surface area contributed by atoms with Crippen molar-refractivity contribution in [3.05, 3.63) is 0 Å². The maximum Gasteiger partial charge on any atom is 0.134 e. The van der Waals surface area contributed by atoms with Crippen LogP contribution in [0.3, 0.4) is 0 Å². The quantitative estimate of drug-likeness (QED) is 0.247. The topological polar surface area (TPSA) is 113 Å². The monoisotopic (exact) mass is 179 g/mol. The van der Waals surface area contributed by atoms with Gasteiger partial charge in [0.15, 0.2) is 0 Å². The highest BCUT2D eigenvalue weighted by molar-refractivity contribution is 4.93. The first-order valence-electron chi connectivity index (χ1n) is 3.67. The van der Waals surface area contributed by atoms with Crippen molar-refractivity contribution in [1.29, 1.82) is 0 Å². The fraction of sp³-hybridized carbons (Fsp3) is 1.00. The Morgan fingerprint density at radius 3 is 2.00 bits per heavy atom. The first-order chi connectivity index (χ1) is 5.57. The summed E-state index contributed by atoms with van der Waals surface area (Å²) in [6, 6.07) is -0.807. The smallest absolute Gasteiger partial charge is 0.134 e. The lowest BCUT2D eigenvalue weighted by atomic mass is 9.95. The fourth-order valence-corrected chi connectivity index (χ4v) is 1.20. The molecule has 0 unspecified atom stereocenters. The largest absolute Gasteiger partial charge is 0.395 e. The minimum Gasteiger partial charge on any atom is -0.395 e. The molecule has 1 heterocycles. The van der Waals surface area contributed by atoms with Crippen LogP contribution in [0.25, 0.3) is 0 Å². The number of piperidine rings is 1. The molecule has 0 bridgehead atoms. The molecular formula is C6H13NO5. The van der Waals surface area contributed by atoms with E-state index in [1.165, 1.54) is 0 Å². The van der Waals surface area contributed by atoms with Crippen LogP contribution in [0.15, 0.2) is 0 Å². The molecule has 1 rings (SSSR count). The van der Waals surface area contributed by atoms with Gasteiger partial charge in [-0.2, -0.15) is 0 Å². The molecule has 0 aromatic carbocycles. The molecule has 0 spiro atoms. The lowest BCUT2D eigenvalue weighted by molar-refractivity contribution is -0.161. The van der Waals surface area contributed by atoms with Crippen LogP contribution in [0.5, 0.6) is 0 Å². The van der Waals surface area contributed by atoms with E-state index in [9.17, 15) is 5.11 Å². The average molecular weight is 179 g/mol. The zero-order chi connectivity index (χ0) is 9.30. The molecule has 72 valence electrons. The zero-order valence-corrected chi connectivity index (χ0v) is 6.33. The van der Waals surface area contributed by atoms with E-state index in [1.54, 1.807) is 0 Å². The van der Waals surface area contributed by atoms with Gasteiger partial charge in [-0.05, 0) is 0 Å². The van der Waals surface area contributed by atoms with Gasteiger partial charge in [0.25, 0.3) is 0 Å². The number of hydrogen-bond acceptors (Lipinski definition) is 6. The van der Waals surface area contributed by atoms with Gasteiger partial charge < -0.3 is 25.5 Å². The maximum atomic E-state index is 9.18.